The van der Waals surface area contributed by atoms with Crippen LogP contribution < -0.4 is 0 Å². The van der Waals surface area contributed by atoms with Gasteiger partial charge >= 0.3 is 15.4 Å². The van der Waals surface area contributed by atoms with E-state index in [4.69, 9.17) is 20.0 Å². The molecular weight excluding hydrogens is 106 g/mol. The Bertz CT molecular complexity index is 17.1. The van der Waals surface area contributed by atoms with Crippen molar-refractivity contribution in [2.45, 2.75) is 0 Å². The van der Waals surface area contributed by atoms with Crippen LogP contribution in [-0.4, -0.2) is 26.9 Å². The third-order valence-corrected chi connectivity index (χ3v) is 0. The van der Waals surface area contributed by atoms with Gasteiger partial charge in [0.2, 0.25) is 0 Å². The molecule has 0 spiro atoms. The van der Waals surface area contributed by atoms with Gasteiger partial charge in [-0.15, -0.1) is 0 Å². The molecule has 0 amide bonds. The lowest BCUT2D eigenvalue weighted by Crippen LogP contribution is -1.49. The standard InChI is InChI=1S/CH2O2.Al.ClH.2H/c2-1-3;;;;/h1H,(H,2,3);;1H;;/q;+1;;;/p-1. The van der Waals surface area contributed by atoms with Crippen molar-refractivity contribution in [1.82, 2.24) is 0 Å². The van der Waals surface area contributed by atoms with Crippen molar-refractivity contribution in [2.75, 3.05) is 0 Å². The molecule has 0 saturated heterocycles. The van der Waals surface area contributed by atoms with Crippen molar-refractivity contribution in [3.8, 4) is 0 Å². The summed E-state index contributed by atoms with van der Waals surface area (Å²) in [6.07, 6.45) is 0. The van der Waals surface area contributed by atoms with E-state index in [2.05, 4.69) is 0 Å². The molecule has 0 aliphatic rings. The average Bonchev–Trinajstić information content (AvgIpc) is 1.46. The summed E-state index contributed by atoms with van der Waals surface area (Å²) in [5.74, 6) is 0. The molecule has 0 rings (SSSR count). The van der Waals surface area contributed by atoms with Crippen molar-refractivity contribution >= 4 is 31.9 Å². The van der Waals surface area contributed by atoms with Crippen LogP contribution in [0.25, 0.3) is 0 Å². The molecule has 0 aromatic rings. The number of carboxylic acid groups (broad SMARTS) is 1. The first-order chi connectivity index (χ1) is 2.41. The van der Waals surface area contributed by atoms with Crippen molar-refractivity contribution < 1.29 is 9.90 Å². The van der Waals surface area contributed by atoms with Gasteiger partial charge in [-0.05, 0) is 0 Å². The largest absolute Gasteiger partial charge is 0.483 e. The fourth-order valence-electron chi connectivity index (χ4n) is 0. The van der Waals surface area contributed by atoms with E-state index in [9.17, 15) is 0 Å². The van der Waals surface area contributed by atoms with E-state index in [1.54, 1.807) is 0 Å². The average molecular weight is 110 g/mol. The minimum absolute atomic E-state index is 0.250. The summed E-state index contributed by atoms with van der Waals surface area (Å²) < 4.78 is 0. The minimum Gasteiger partial charge on any atom is -0.483 e. The van der Waals surface area contributed by atoms with Gasteiger partial charge in [0.25, 0.3) is 6.47 Å². The first-order valence-electron chi connectivity index (χ1n) is 0.872. The molecule has 0 aliphatic carbocycles. The maximum atomic E-state index is 8.36. The highest BCUT2D eigenvalue weighted by molar-refractivity contribution is 6.80. The summed E-state index contributed by atoms with van der Waals surface area (Å²) in [5.41, 5.74) is 0. The maximum absolute atomic E-state index is 8.36. The van der Waals surface area contributed by atoms with Crippen molar-refractivity contribution in [3.05, 3.63) is 0 Å². The van der Waals surface area contributed by atoms with Crippen LogP contribution in [0.15, 0.2) is 0 Å². The number of hydrogen-bond donors (Lipinski definition) is 1. The predicted molar refractivity (Wildman–Crippen MR) is 23.1 cm³/mol. The molecule has 0 aromatic carbocycles. The number of halogens is 1. The molecule has 0 atom stereocenters. The quantitative estimate of drug-likeness (QED) is 0.336. The van der Waals surface area contributed by atoms with Crippen LogP contribution in [0.5, 0.6) is 0 Å². The number of hydrogen-bond acceptors (Lipinski definition) is 1. The molecule has 30 valence electrons. The minimum atomic E-state index is -0.250. The number of carbonyl (C=O) groups is 1. The highest BCUT2D eigenvalue weighted by Crippen LogP contribution is 1.29. The highest BCUT2D eigenvalue weighted by Gasteiger charge is 1.22. The lowest BCUT2D eigenvalue weighted by molar-refractivity contribution is -0.122. The van der Waals surface area contributed by atoms with E-state index in [1.165, 1.54) is 0 Å². The van der Waals surface area contributed by atoms with Gasteiger partial charge < -0.3 is 5.11 Å². The molecular formula is CH4AlClO2. The summed E-state index contributed by atoms with van der Waals surface area (Å²) >= 11 is 0.778. The van der Waals surface area contributed by atoms with Gasteiger partial charge in [-0.2, -0.15) is 0 Å². The molecule has 1 N–H and O–H groups in total. The summed E-state index contributed by atoms with van der Waals surface area (Å²) in [5, 5.41) is 6.89. The Hall–Kier alpha value is 0.292. The van der Waals surface area contributed by atoms with Gasteiger partial charge in [0, 0.05) is 0 Å². The van der Waals surface area contributed by atoms with Crippen LogP contribution in [0, 0.1) is 0 Å². The third-order valence-electron chi connectivity index (χ3n) is 0. The van der Waals surface area contributed by atoms with Gasteiger partial charge in [-0.25, -0.2) is 0 Å². The Morgan fingerprint density at radius 3 is 1.80 bits per heavy atom. The fraction of sp³-hybridized carbons (Fsp3) is 0. The maximum Gasteiger partial charge on any atom is 0.353 e. The van der Waals surface area contributed by atoms with E-state index in [1.807, 2.05) is 0 Å². The second-order valence-electron chi connectivity index (χ2n) is 0.105. The molecule has 2 nitrogen and oxygen atoms in total. The monoisotopic (exact) mass is 110 g/mol. The lowest BCUT2D eigenvalue weighted by Gasteiger charge is -1.34. The normalized spacial score (nSPS) is 3.40. The van der Waals surface area contributed by atoms with E-state index in [-0.39, 0.29) is 6.47 Å². The zero-order chi connectivity index (χ0) is 4.71. The zero-order valence-electron chi connectivity index (χ0n) is 2.81. The SMILES string of the molecule is O=CO.[AlH2][Cl]. The van der Waals surface area contributed by atoms with Gasteiger partial charge in [0.1, 0.15) is 0 Å². The summed E-state index contributed by atoms with van der Waals surface area (Å²) in [6, 6.07) is 0. The summed E-state index contributed by atoms with van der Waals surface area (Å²) in [7, 11) is 4.78. The molecule has 0 aliphatic heterocycles. The van der Waals surface area contributed by atoms with Crippen LogP contribution in [0.2, 0.25) is 0 Å². The van der Waals surface area contributed by atoms with E-state index >= 15 is 0 Å². The van der Waals surface area contributed by atoms with Gasteiger partial charge in [0.15, 0.2) is 0 Å². The van der Waals surface area contributed by atoms with Crippen LogP contribution in [0.3, 0.4) is 0 Å². The van der Waals surface area contributed by atoms with Crippen LogP contribution in [-0.2, 0) is 4.79 Å². The molecule has 0 aromatic heterocycles. The van der Waals surface area contributed by atoms with Gasteiger partial charge in [0.05, 0.1) is 0 Å². The molecule has 0 unspecified atom stereocenters. The first kappa shape index (κ1) is 9.00. The molecule has 0 saturated carbocycles. The van der Waals surface area contributed by atoms with Crippen molar-refractivity contribution in [1.29, 1.82) is 0 Å². The molecule has 0 bridgehead atoms. The Morgan fingerprint density at radius 2 is 1.80 bits per heavy atom. The van der Waals surface area contributed by atoms with Gasteiger partial charge in [-0.1, -0.05) is 0 Å². The van der Waals surface area contributed by atoms with Crippen molar-refractivity contribution in [3.63, 3.8) is 0 Å². The molecule has 0 heterocycles. The predicted octanol–water partition coefficient (Wildman–Crippen LogP) is -0.526. The Kier molecular flexibility index (Phi) is 50.1. The number of rotatable bonds is 0. The second kappa shape index (κ2) is 27.9. The topological polar surface area (TPSA) is 37.3 Å². The van der Waals surface area contributed by atoms with Crippen LogP contribution in [0.1, 0.15) is 0 Å². The Morgan fingerprint density at radius 1 is 1.80 bits per heavy atom. The Labute approximate surface area is 42.4 Å². The summed E-state index contributed by atoms with van der Waals surface area (Å²) in [6.45, 7) is -0.250. The molecule has 0 radical (unpaired) electrons. The molecule has 4 heteroatoms. The fourth-order valence-corrected chi connectivity index (χ4v) is 0. The zero-order valence-corrected chi connectivity index (χ0v) is 5.57. The highest BCUT2D eigenvalue weighted by atomic mass is 35.6. The smallest absolute Gasteiger partial charge is 0.353 e. The van der Waals surface area contributed by atoms with E-state index in [0.717, 1.165) is 15.4 Å². The molecule has 5 heavy (non-hydrogen) atoms. The van der Waals surface area contributed by atoms with Crippen molar-refractivity contribution in [2.24, 2.45) is 0 Å². The van der Waals surface area contributed by atoms with Crippen LogP contribution in [0.4, 0.5) is 0 Å². The summed E-state index contributed by atoms with van der Waals surface area (Å²) in [4.78, 5) is 8.36. The lowest BCUT2D eigenvalue weighted by atomic mass is 11.7. The van der Waals surface area contributed by atoms with Gasteiger partial charge in [-0.3, -0.25) is 14.8 Å². The van der Waals surface area contributed by atoms with E-state index < -0.39 is 0 Å². The second-order valence-corrected chi connectivity index (χ2v) is 0.105. The molecule has 0 fully saturated rings. The van der Waals surface area contributed by atoms with Crippen LogP contribution >= 0.6 is 10.0 Å². The Balaban J connectivity index is 0. The third kappa shape index (κ3) is 264. The van der Waals surface area contributed by atoms with E-state index in [0.29, 0.717) is 0 Å². The first-order valence-corrected chi connectivity index (χ1v) is 3.90.